The van der Waals surface area contributed by atoms with Gasteiger partial charge in [-0.2, -0.15) is 0 Å². The lowest BCUT2D eigenvalue weighted by atomic mass is 10.2. The molecule has 0 bridgehead atoms. The van der Waals surface area contributed by atoms with E-state index in [0.717, 1.165) is 0 Å². The Hall–Kier alpha value is -1.29. The molecule has 0 atom stereocenters. The van der Waals surface area contributed by atoms with E-state index < -0.39 is 11.6 Å². The number of aromatic nitrogens is 1. The Labute approximate surface area is 93.4 Å². The molecule has 0 amide bonds. The summed E-state index contributed by atoms with van der Waals surface area (Å²) in [5, 5.41) is 0.177. The minimum absolute atomic E-state index is 0.177. The second kappa shape index (κ2) is 4.06. The third-order valence-corrected chi connectivity index (χ3v) is 1.64. The smallest absolute Gasteiger partial charge is 0.338 e. The lowest BCUT2D eigenvalue weighted by Crippen LogP contribution is -2.24. The molecule has 1 aromatic heterocycles. The quantitative estimate of drug-likeness (QED) is 0.592. The number of nitrogen functional groups attached to an aromatic ring is 1. The molecule has 4 nitrogen and oxygen atoms in total. The summed E-state index contributed by atoms with van der Waals surface area (Å²) in [5.41, 5.74) is 5.23. The zero-order chi connectivity index (χ0) is 11.6. The van der Waals surface area contributed by atoms with Crippen LogP contribution < -0.4 is 5.73 Å². The third-order valence-electron chi connectivity index (χ3n) is 1.45. The number of hydrogen-bond acceptors (Lipinski definition) is 4. The number of pyridine rings is 1. The summed E-state index contributed by atoms with van der Waals surface area (Å²) in [6.07, 6.45) is 0. The summed E-state index contributed by atoms with van der Waals surface area (Å²) >= 11 is 5.67. The van der Waals surface area contributed by atoms with Crippen LogP contribution in [-0.4, -0.2) is 16.6 Å². The normalized spacial score (nSPS) is 11.2. The van der Waals surface area contributed by atoms with Crippen molar-refractivity contribution >= 4 is 23.4 Å². The van der Waals surface area contributed by atoms with Gasteiger partial charge in [0.15, 0.2) is 0 Å². The maximum absolute atomic E-state index is 11.6. The monoisotopic (exact) mass is 228 g/mol. The first-order valence-corrected chi connectivity index (χ1v) is 4.82. The minimum atomic E-state index is -0.540. The Morgan fingerprint density at radius 1 is 1.47 bits per heavy atom. The molecule has 1 heterocycles. The third kappa shape index (κ3) is 3.75. The van der Waals surface area contributed by atoms with Crippen LogP contribution in [0.2, 0.25) is 5.15 Å². The SMILES string of the molecule is CC(C)(C)OC(=O)c1cc(N)nc(Cl)c1. The number of carbonyl (C=O) groups excluding carboxylic acids is 1. The molecule has 5 heteroatoms. The van der Waals surface area contributed by atoms with Crippen LogP contribution in [-0.2, 0) is 4.74 Å². The molecule has 0 fully saturated rings. The number of ether oxygens (including phenoxy) is 1. The predicted molar refractivity (Wildman–Crippen MR) is 58.8 cm³/mol. The summed E-state index contributed by atoms with van der Waals surface area (Å²) in [7, 11) is 0. The first-order valence-electron chi connectivity index (χ1n) is 4.44. The summed E-state index contributed by atoms with van der Waals surface area (Å²) in [5.74, 6) is -0.262. The van der Waals surface area contributed by atoms with E-state index in [2.05, 4.69) is 4.98 Å². The van der Waals surface area contributed by atoms with Crippen LogP contribution in [0.1, 0.15) is 31.1 Å². The molecule has 1 aromatic rings. The molecule has 2 N–H and O–H groups in total. The van der Waals surface area contributed by atoms with Crippen molar-refractivity contribution in [1.29, 1.82) is 0 Å². The molecule has 0 unspecified atom stereocenters. The Bertz CT molecular complexity index is 365. The molecule has 0 aliphatic heterocycles. The van der Waals surface area contributed by atoms with Crippen LogP contribution >= 0.6 is 11.6 Å². The number of rotatable bonds is 1. The van der Waals surface area contributed by atoms with Gasteiger partial charge in [0.1, 0.15) is 16.6 Å². The van der Waals surface area contributed by atoms with E-state index in [1.165, 1.54) is 12.1 Å². The highest BCUT2D eigenvalue weighted by Gasteiger charge is 2.18. The van der Waals surface area contributed by atoms with Gasteiger partial charge in [-0.05, 0) is 32.9 Å². The molecule has 0 saturated carbocycles. The van der Waals surface area contributed by atoms with Gasteiger partial charge in [-0.3, -0.25) is 0 Å². The molecule has 82 valence electrons. The molecule has 0 radical (unpaired) electrons. The maximum atomic E-state index is 11.6. The van der Waals surface area contributed by atoms with Crippen molar-refractivity contribution < 1.29 is 9.53 Å². The van der Waals surface area contributed by atoms with E-state index in [0.29, 0.717) is 5.56 Å². The van der Waals surface area contributed by atoms with Crippen molar-refractivity contribution in [2.75, 3.05) is 5.73 Å². The van der Waals surface area contributed by atoms with Crippen molar-refractivity contribution in [2.45, 2.75) is 26.4 Å². The Morgan fingerprint density at radius 2 is 2.07 bits per heavy atom. The second-order valence-corrected chi connectivity index (χ2v) is 4.49. The number of nitrogens with two attached hydrogens (primary N) is 1. The first-order chi connectivity index (χ1) is 6.78. The number of anilines is 1. The van der Waals surface area contributed by atoms with Gasteiger partial charge in [-0.25, -0.2) is 9.78 Å². The fourth-order valence-electron chi connectivity index (χ4n) is 0.972. The summed E-state index contributed by atoms with van der Waals surface area (Å²) in [4.78, 5) is 15.3. The lowest BCUT2D eigenvalue weighted by molar-refractivity contribution is 0.00695. The van der Waals surface area contributed by atoms with E-state index in [1.807, 2.05) is 0 Å². The van der Waals surface area contributed by atoms with Crippen LogP contribution in [0.5, 0.6) is 0 Å². The standard InChI is InChI=1S/C10H13ClN2O2/c1-10(2,3)15-9(14)6-4-7(11)13-8(12)5-6/h4-5H,1-3H3,(H2,12,13). The molecule has 1 rings (SSSR count). The maximum Gasteiger partial charge on any atom is 0.338 e. The minimum Gasteiger partial charge on any atom is -0.456 e. The molecule has 0 aliphatic carbocycles. The van der Waals surface area contributed by atoms with E-state index in [1.54, 1.807) is 20.8 Å². The van der Waals surface area contributed by atoms with Gasteiger partial charge in [0.25, 0.3) is 0 Å². The van der Waals surface area contributed by atoms with Crippen LogP contribution in [0.25, 0.3) is 0 Å². The van der Waals surface area contributed by atoms with E-state index in [4.69, 9.17) is 22.1 Å². The topological polar surface area (TPSA) is 65.2 Å². The van der Waals surface area contributed by atoms with Gasteiger partial charge >= 0.3 is 5.97 Å². The summed E-state index contributed by atoms with van der Waals surface area (Å²) < 4.78 is 5.15. The number of nitrogens with zero attached hydrogens (tertiary/aromatic N) is 1. The van der Waals surface area contributed by atoms with Gasteiger partial charge in [0.2, 0.25) is 0 Å². The fraction of sp³-hybridized carbons (Fsp3) is 0.400. The van der Waals surface area contributed by atoms with E-state index in [-0.39, 0.29) is 11.0 Å². The highest BCUT2D eigenvalue weighted by Crippen LogP contribution is 2.16. The van der Waals surface area contributed by atoms with E-state index >= 15 is 0 Å². The van der Waals surface area contributed by atoms with Gasteiger partial charge in [-0.1, -0.05) is 11.6 Å². The molecule has 15 heavy (non-hydrogen) atoms. The number of hydrogen-bond donors (Lipinski definition) is 1. The predicted octanol–water partition coefficient (Wildman–Crippen LogP) is 2.27. The number of esters is 1. The highest BCUT2D eigenvalue weighted by atomic mass is 35.5. The van der Waals surface area contributed by atoms with Crippen LogP contribution in [0.4, 0.5) is 5.82 Å². The van der Waals surface area contributed by atoms with Crippen molar-refractivity contribution in [2.24, 2.45) is 0 Å². The zero-order valence-electron chi connectivity index (χ0n) is 8.87. The molecular formula is C10H13ClN2O2. The van der Waals surface area contributed by atoms with Gasteiger partial charge in [0.05, 0.1) is 5.56 Å². The first kappa shape index (κ1) is 11.8. The van der Waals surface area contributed by atoms with Crippen molar-refractivity contribution in [3.05, 3.63) is 22.8 Å². The number of halogens is 1. The van der Waals surface area contributed by atoms with Gasteiger partial charge in [-0.15, -0.1) is 0 Å². The van der Waals surface area contributed by atoms with Gasteiger partial charge in [0, 0.05) is 0 Å². The average molecular weight is 229 g/mol. The summed E-state index contributed by atoms with van der Waals surface area (Å²) in [6, 6.07) is 2.85. The van der Waals surface area contributed by atoms with Crippen LogP contribution in [0.3, 0.4) is 0 Å². The summed E-state index contributed by atoms with van der Waals surface area (Å²) in [6.45, 7) is 5.37. The van der Waals surface area contributed by atoms with Crippen molar-refractivity contribution in [3.63, 3.8) is 0 Å². The Morgan fingerprint density at radius 3 is 2.53 bits per heavy atom. The lowest BCUT2D eigenvalue weighted by Gasteiger charge is -2.19. The largest absolute Gasteiger partial charge is 0.456 e. The van der Waals surface area contributed by atoms with Crippen molar-refractivity contribution in [3.8, 4) is 0 Å². The second-order valence-electron chi connectivity index (χ2n) is 4.11. The fourth-order valence-corrected chi connectivity index (χ4v) is 1.19. The van der Waals surface area contributed by atoms with Gasteiger partial charge < -0.3 is 10.5 Å². The Kier molecular flexibility index (Phi) is 3.19. The molecule has 0 saturated heterocycles. The molecule has 0 aliphatic rings. The molecule has 0 spiro atoms. The Balaban J connectivity index is 2.92. The average Bonchev–Trinajstić information content (AvgIpc) is 1.98. The highest BCUT2D eigenvalue weighted by molar-refractivity contribution is 6.29. The number of carbonyl (C=O) groups is 1. The van der Waals surface area contributed by atoms with Crippen molar-refractivity contribution in [1.82, 2.24) is 4.98 Å². The van der Waals surface area contributed by atoms with E-state index in [9.17, 15) is 4.79 Å². The van der Waals surface area contributed by atoms with Crippen LogP contribution in [0.15, 0.2) is 12.1 Å². The molecular weight excluding hydrogens is 216 g/mol. The zero-order valence-corrected chi connectivity index (χ0v) is 9.63. The molecule has 0 aromatic carbocycles. The van der Waals surface area contributed by atoms with Crippen LogP contribution in [0, 0.1) is 0 Å².